The average Bonchev–Trinajstić information content (AvgIpc) is 3.11. The van der Waals surface area contributed by atoms with Crippen LogP contribution in [-0.2, 0) is 6.42 Å². The van der Waals surface area contributed by atoms with Crippen molar-refractivity contribution < 1.29 is 14.6 Å². The fourth-order valence-corrected chi connectivity index (χ4v) is 4.43. The van der Waals surface area contributed by atoms with Crippen LogP contribution < -0.4 is 4.90 Å². The third-order valence-electron chi connectivity index (χ3n) is 6.18. The van der Waals surface area contributed by atoms with E-state index in [0.29, 0.717) is 44.8 Å². The number of hydrogen-bond acceptors (Lipinski definition) is 8. The Balaban J connectivity index is 1.58. The second-order valence-electron chi connectivity index (χ2n) is 8.71. The number of carbonyl (C=O) groups is 1. The molecule has 1 aliphatic heterocycles. The largest absolute Gasteiger partial charge is 0.354 e. The molecular formula is C25H26N6O5. The molecule has 11 heteroatoms. The number of aromatic nitrogens is 2. The second kappa shape index (κ2) is 10.5. The molecule has 4 rings (SSSR count). The van der Waals surface area contributed by atoms with Gasteiger partial charge in [-0.2, -0.15) is 0 Å². The van der Waals surface area contributed by atoms with Gasteiger partial charge in [0.2, 0.25) is 0 Å². The number of rotatable bonds is 6. The molecule has 3 aromatic rings. The summed E-state index contributed by atoms with van der Waals surface area (Å²) < 4.78 is 0. The molecule has 1 fully saturated rings. The summed E-state index contributed by atoms with van der Waals surface area (Å²) in [6.45, 7) is 5.76. The van der Waals surface area contributed by atoms with Gasteiger partial charge in [-0.3, -0.25) is 25.0 Å². The Kier molecular flexibility index (Phi) is 7.18. The van der Waals surface area contributed by atoms with Gasteiger partial charge in [0.1, 0.15) is 11.6 Å². The van der Waals surface area contributed by atoms with Gasteiger partial charge in [-0.1, -0.05) is 30.3 Å². The highest BCUT2D eigenvalue weighted by Crippen LogP contribution is 2.27. The maximum Gasteiger partial charge on any atom is 0.277 e. The van der Waals surface area contributed by atoms with Crippen LogP contribution in [0.1, 0.15) is 39.4 Å². The van der Waals surface area contributed by atoms with Gasteiger partial charge >= 0.3 is 0 Å². The van der Waals surface area contributed by atoms with Gasteiger partial charge in [0, 0.05) is 56.0 Å². The summed E-state index contributed by atoms with van der Waals surface area (Å²) in [4.78, 5) is 47.2. The van der Waals surface area contributed by atoms with E-state index in [2.05, 4.69) is 22.0 Å². The van der Waals surface area contributed by atoms with Crippen molar-refractivity contribution in [2.24, 2.45) is 0 Å². The topological polar surface area (TPSA) is 136 Å². The lowest BCUT2D eigenvalue weighted by Crippen LogP contribution is -2.36. The zero-order valence-corrected chi connectivity index (χ0v) is 20.1. The first kappa shape index (κ1) is 24.7. The van der Waals surface area contributed by atoms with Crippen LogP contribution in [-0.4, -0.2) is 56.8 Å². The minimum absolute atomic E-state index is 0.0668. The Labute approximate surface area is 207 Å². The predicted molar refractivity (Wildman–Crippen MR) is 133 cm³/mol. The van der Waals surface area contributed by atoms with Crippen LogP contribution in [0.3, 0.4) is 0 Å². The SMILES string of the molecule is Cc1nc(C)c(Cc2ccccc2)c(N2CCCN(C(=O)c3cc([N+](=O)[O-])cc([N+](=O)[O-])c3)CC2)n1. The van der Waals surface area contributed by atoms with Crippen LogP contribution in [0.5, 0.6) is 0 Å². The van der Waals surface area contributed by atoms with Gasteiger partial charge in [0.25, 0.3) is 17.3 Å². The highest BCUT2D eigenvalue weighted by Gasteiger charge is 2.26. The van der Waals surface area contributed by atoms with Gasteiger partial charge < -0.3 is 9.80 Å². The maximum absolute atomic E-state index is 13.2. The van der Waals surface area contributed by atoms with Crippen molar-refractivity contribution in [1.29, 1.82) is 0 Å². The van der Waals surface area contributed by atoms with E-state index in [1.54, 1.807) is 4.90 Å². The third kappa shape index (κ3) is 5.45. The first-order valence-electron chi connectivity index (χ1n) is 11.6. The average molecular weight is 491 g/mol. The van der Waals surface area contributed by atoms with Gasteiger partial charge in [-0.25, -0.2) is 9.97 Å². The van der Waals surface area contributed by atoms with Crippen LogP contribution in [0.4, 0.5) is 17.2 Å². The Bertz CT molecular complexity index is 1280. The molecule has 0 unspecified atom stereocenters. The first-order chi connectivity index (χ1) is 17.2. The van der Waals surface area contributed by atoms with Crippen molar-refractivity contribution in [3.63, 3.8) is 0 Å². The summed E-state index contributed by atoms with van der Waals surface area (Å²) in [5, 5.41) is 22.5. The summed E-state index contributed by atoms with van der Waals surface area (Å²) in [5.41, 5.74) is 2.04. The Morgan fingerprint density at radius 1 is 0.917 bits per heavy atom. The molecule has 1 amide bonds. The fraction of sp³-hybridized carbons (Fsp3) is 0.320. The van der Waals surface area contributed by atoms with E-state index in [-0.39, 0.29) is 5.56 Å². The molecule has 0 atom stereocenters. The number of hydrogen-bond donors (Lipinski definition) is 0. The summed E-state index contributed by atoms with van der Waals surface area (Å²) in [7, 11) is 0. The molecular weight excluding hydrogens is 464 g/mol. The summed E-state index contributed by atoms with van der Waals surface area (Å²) in [5.74, 6) is 1.03. The lowest BCUT2D eigenvalue weighted by atomic mass is 10.0. The molecule has 36 heavy (non-hydrogen) atoms. The highest BCUT2D eigenvalue weighted by molar-refractivity contribution is 5.95. The summed E-state index contributed by atoms with van der Waals surface area (Å²) in [6.07, 6.45) is 1.33. The number of aryl methyl sites for hydroxylation is 2. The minimum Gasteiger partial charge on any atom is -0.354 e. The van der Waals surface area contributed by atoms with Gasteiger partial charge in [-0.05, 0) is 25.8 Å². The molecule has 0 radical (unpaired) electrons. The number of amides is 1. The molecule has 186 valence electrons. The lowest BCUT2D eigenvalue weighted by Gasteiger charge is -2.26. The number of carbonyl (C=O) groups excluding carboxylic acids is 1. The Morgan fingerprint density at radius 3 is 2.22 bits per heavy atom. The van der Waals surface area contributed by atoms with Crippen molar-refractivity contribution in [2.45, 2.75) is 26.7 Å². The molecule has 2 heterocycles. The van der Waals surface area contributed by atoms with Crippen molar-refractivity contribution in [1.82, 2.24) is 14.9 Å². The molecule has 2 aromatic carbocycles. The molecule has 1 aliphatic rings. The van der Waals surface area contributed by atoms with Gasteiger partial charge in [-0.15, -0.1) is 0 Å². The molecule has 11 nitrogen and oxygen atoms in total. The molecule has 0 saturated carbocycles. The zero-order chi connectivity index (χ0) is 25.8. The normalized spacial score (nSPS) is 13.8. The van der Waals surface area contributed by atoms with Crippen LogP contribution in [0.15, 0.2) is 48.5 Å². The smallest absolute Gasteiger partial charge is 0.277 e. The quantitative estimate of drug-likeness (QED) is 0.375. The van der Waals surface area contributed by atoms with Gasteiger partial charge in [0.15, 0.2) is 0 Å². The van der Waals surface area contributed by atoms with Gasteiger partial charge in [0.05, 0.1) is 21.5 Å². The van der Waals surface area contributed by atoms with Crippen molar-refractivity contribution >= 4 is 23.1 Å². The number of benzene rings is 2. The second-order valence-corrected chi connectivity index (χ2v) is 8.71. The van der Waals surface area contributed by atoms with Crippen LogP contribution in [0.2, 0.25) is 0 Å². The molecule has 1 saturated heterocycles. The van der Waals surface area contributed by atoms with E-state index in [4.69, 9.17) is 4.98 Å². The van der Waals surface area contributed by atoms with Crippen LogP contribution in [0.25, 0.3) is 0 Å². The number of non-ortho nitro benzene ring substituents is 2. The van der Waals surface area contributed by atoms with Crippen LogP contribution in [0, 0.1) is 34.1 Å². The van der Waals surface area contributed by atoms with E-state index in [1.165, 1.54) is 0 Å². The molecule has 1 aromatic heterocycles. The Morgan fingerprint density at radius 2 is 1.58 bits per heavy atom. The van der Waals surface area contributed by atoms with E-state index in [9.17, 15) is 25.0 Å². The fourth-order valence-electron chi connectivity index (χ4n) is 4.43. The first-order valence-corrected chi connectivity index (χ1v) is 11.6. The summed E-state index contributed by atoms with van der Waals surface area (Å²) >= 11 is 0. The van der Waals surface area contributed by atoms with E-state index >= 15 is 0 Å². The molecule has 0 spiro atoms. The van der Waals surface area contributed by atoms with Crippen molar-refractivity contribution in [3.8, 4) is 0 Å². The van der Waals surface area contributed by atoms with Crippen LogP contribution >= 0.6 is 0 Å². The van der Waals surface area contributed by atoms with E-state index < -0.39 is 27.1 Å². The predicted octanol–water partition coefficient (Wildman–Crippen LogP) is 3.85. The molecule has 0 N–H and O–H groups in total. The number of nitrogens with zero attached hydrogens (tertiary/aromatic N) is 6. The minimum atomic E-state index is -0.734. The van der Waals surface area contributed by atoms with Crippen molar-refractivity contribution in [2.75, 3.05) is 31.1 Å². The monoisotopic (exact) mass is 490 g/mol. The maximum atomic E-state index is 13.2. The highest BCUT2D eigenvalue weighted by atomic mass is 16.6. The van der Waals surface area contributed by atoms with Crippen molar-refractivity contribution in [3.05, 3.63) is 97.0 Å². The third-order valence-corrected chi connectivity index (χ3v) is 6.18. The number of anilines is 1. The van der Waals surface area contributed by atoms with E-state index in [1.807, 2.05) is 32.0 Å². The number of nitro benzene ring substituents is 2. The zero-order valence-electron chi connectivity index (χ0n) is 20.1. The lowest BCUT2D eigenvalue weighted by molar-refractivity contribution is -0.394. The van der Waals surface area contributed by atoms with E-state index in [0.717, 1.165) is 40.8 Å². The summed E-state index contributed by atoms with van der Waals surface area (Å²) in [6, 6.07) is 13.1. The molecule has 0 bridgehead atoms. The standard InChI is InChI=1S/C25H26N6O5/c1-17-23(13-19-7-4-3-5-8-19)24(27-18(2)26-17)28-9-6-10-29(12-11-28)25(32)20-14-21(30(33)34)16-22(15-20)31(35)36/h3-5,7-8,14-16H,6,9-13H2,1-2H3. The molecule has 0 aliphatic carbocycles. The Hall–Kier alpha value is -4.41. The number of nitro groups is 2.